The quantitative estimate of drug-likeness (QED) is 0.187. The number of sulfonamides is 1. The molecule has 0 saturated heterocycles. The van der Waals surface area contributed by atoms with Crippen molar-refractivity contribution in [2.45, 2.75) is 71.0 Å². The molecule has 236 valence electrons. The van der Waals surface area contributed by atoms with Crippen LogP contribution < -0.4 is 9.62 Å². The number of nitrogens with zero attached hydrogens (tertiary/aromatic N) is 2. The van der Waals surface area contributed by atoms with Crippen LogP contribution in [0.2, 0.25) is 0 Å². The fourth-order valence-corrected chi connectivity index (χ4v) is 6.67. The number of anilines is 1. The van der Waals surface area contributed by atoms with Gasteiger partial charge in [0, 0.05) is 19.0 Å². The van der Waals surface area contributed by atoms with Crippen molar-refractivity contribution in [1.29, 1.82) is 0 Å². The van der Waals surface area contributed by atoms with E-state index in [4.69, 9.17) is 0 Å². The average Bonchev–Trinajstić information content (AvgIpc) is 3.02. The maximum absolute atomic E-state index is 14.6. The highest BCUT2D eigenvalue weighted by Gasteiger charge is 2.35. The van der Waals surface area contributed by atoms with Crippen molar-refractivity contribution in [1.82, 2.24) is 10.2 Å². The van der Waals surface area contributed by atoms with E-state index in [1.807, 2.05) is 101 Å². The second-order valence-corrected chi connectivity index (χ2v) is 13.5. The van der Waals surface area contributed by atoms with Crippen LogP contribution in [-0.4, -0.2) is 43.8 Å². The van der Waals surface area contributed by atoms with Gasteiger partial charge < -0.3 is 10.2 Å². The first-order valence-corrected chi connectivity index (χ1v) is 16.8. The van der Waals surface area contributed by atoms with Crippen molar-refractivity contribution >= 4 is 27.5 Å². The normalized spacial score (nSPS) is 12.6. The molecule has 0 saturated carbocycles. The lowest BCUT2D eigenvalue weighted by molar-refractivity contribution is -0.140. The highest BCUT2D eigenvalue weighted by atomic mass is 32.2. The number of carbonyl (C=O) groups excluding carboxylic acids is 2. The standard InChI is InChI=1S/C37H43N3O4S/c1-6-30(5)38-37(42)35(24-31-15-8-7-9-16-31)39(25-32-17-12-13-28(3)23-32)36(41)26-40(34-18-11-10-14-29(34)4)45(43,44)33-21-19-27(2)20-22-33/h7-23,30,35H,6,24-26H2,1-5H3,(H,38,42)/t30-,35-/m0/s1. The lowest BCUT2D eigenvalue weighted by Gasteiger charge is -2.34. The van der Waals surface area contributed by atoms with Crippen LogP contribution in [-0.2, 0) is 32.6 Å². The first-order valence-electron chi connectivity index (χ1n) is 15.3. The van der Waals surface area contributed by atoms with Crippen molar-refractivity contribution in [2.24, 2.45) is 0 Å². The van der Waals surface area contributed by atoms with E-state index >= 15 is 0 Å². The van der Waals surface area contributed by atoms with Gasteiger partial charge in [-0.1, -0.05) is 103 Å². The lowest BCUT2D eigenvalue weighted by atomic mass is 10.0. The summed E-state index contributed by atoms with van der Waals surface area (Å²) in [6.07, 6.45) is 1.00. The van der Waals surface area contributed by atoms with Crippen molar-refractivity contribution in [3.05, 3.63) is 131 Å². The molecule has 0 bridgehead atoms. The van der Waals surface area contributed by atoms with Crippen LogP contribution in [0.1, 0.15) is 48.1 Å². The van der Waals surface area contributed by atoms with Gasteiger partial charge in [-0.25, -0.2) is 8.42 Å². The summed E-state index contributed by atoms with van der Waals surface area (Å²) in [4.78, 5) is 30.2. The van der Waals surface area contributed by atoms with Gasteiger partial charge in [0.1, 0.15) is 12.6 Å². The fraction of sp³-hybridized carbons (Fsp3) is 0.297. The van der Waals surface area contributed by atoms with Crippen LogP contribution in [0.25, 0.3) is 0 Å². The topological polar surface area (TPSA) is 86.8 Å². The Morgan fingerprint density at radius 2 is 1.42 bits per heavy atom. The summed E-state index contributed by atoms with van der Waals surface area (Å²) in [6, 6.07) is 30.1. The molecule has 1 N–H and O–H groups in total. The minimum atomic E-state index is -4.14. The summed E-state index contributed by atoms with van der Waals surface area (Å²) in [5.41, 5.74) is 4.81. The molecule has 45 heavy (non-hydrogen) atoms. The Morgan fingerprint density at radius 3 is 2.07 bits per heavy atom. The van der Waals surface area contributed by atoms with Crippen LogP contribution in [0.15, 0.2) is 108 Å². The summed E-state index contributed by atoms with van der Waals surface area (Å²) >= 11 is 0. The number of benzene rings is 4. The van der Waals surface area contributed by atoms with Crippen molar-refractivity contribution in [2.75, 3.05) is 10.8 Å². The van der Waals surface area contributed by atoms with E-state index in [9.17, 15) is 18.0 Å². The van der Waals surface area contributed by atoms with Gasteiger partial charge in [0.25, 0.3) is 10.0 Å². The molecule has 0 aliphatic rings. The number of amides is 2. The van der Waals surface area contributed by atoms with Gasteiger partial charge in [0.05, 0.1) is 10.6 Å². The van der Waals surface area contributed by atoms with Gasteiger partial charge in [-0.2, -0.15) is 0 Å². The van der Waals surface area contributed by atoms with Crippen LogP contribution in [0, 0.1) is 20.8 Å². The third-order valence-corrected chi connectivity index (χ3v) is 9.75. The van der Waals surface area contributed by atoms with E-state index in [0.717, 1.165) is 28.7 Å². The van der Waals surface area contributed by atoms with Crippen LogP contribution >= 0.6 is 0 Å². The van der Waals surface area contributed by atoms with E-state index in [-0.39, 0.29) is 29.8 Å². The predicted octanol–water partition coefficient (Wildman–Crippen LogP) is 6.36. The summed E-state index contributed by atoms with van der Waals surface area (Å²) in [6.45, 7) is 9.26. The number of hydrogen-bond acceptors (Lipinski definition) is 4. The van der Waals surface area contributed by atoms with Crippen molar-refractivity contribution < 1.29 is 18.0 Å². The van der Waals surface area contributed by atoms with Gasteiger partial charge in [0.2, 0.25) is 11.8 Å². The first-order chi connectivity index (χ1) is 21.5. The molecule has 0 spiro atoms. The molecule has 4 aromatic carbocycles. The smallest absolute Gasteiger partial charge is 0.264 e. The minimum absolute atomic E-state index is 0.0877. The molecule has 0 aliphatic heterocycles. The first kappa shape index (κ1) is 33.5. The third kappa shape index (κ3) is 8.60. The Balaban J connectivity index is 1.82. The van der Waals surface area contributed by atoms with Gasteiger partial charge in [-0.05, 0) is 69.0 Å². The second kappa shape index (κ2) is 15.0. The molecule has 8 heteroatoms. The third-order valence-electron chi connectivity index (χ3n) is 7.98. The van der Waals surface area contributed by atoms with Crippen LogP contribution in [0.5, 0.6) is 0 Å². The Labute approximate surface area is 268 Å². The molecule has 0 aliphatic carbocycles. The molecule has 0 fully saturated rings. The van der Waals surface area contributed by atoms with E-state index in [0.29, 0.717) is 11.3 Å². The molecule has 2 atom stereocenters. The summed E-state index contributed by atoms with van der Waals surface area (Å²) in [5, 5.41) is 3.07. The highest BCUT2D eigenvalue weighted by molar-refractivity contribution is 7.92. The average molecular weight is 626 g/mol. The van der Waals surface area contributed by atoms with Crippen molar-refractivity contribution in [3.63, 3.8) is 0 Å². The molecule has 0 radical (unpaired) electrons. The van der Waals surface area contributed by atoms with Crippen LogP contribution in [0.3, 0.4) is 0 Å². The molecule has 0 aromatic heterocycles. The maximum atomic E-state index is 14.6. The SMILES string of the molecule is CC[C@H](C)NC(=O)[C@H](Cc1ccccc1)N(Cc1cccc(C)c1)C(=O)CN(c1ccccc1C)S(=O)(=O)c1ccc(C)cc1. The zero-order chi connectivity index (χ0) is 32.6. The summed E-state index contributed by atoms with van der Waals surface area (Å²) in [5.74, 6) is -0.756. The summed E-state index contributed by atoms with van der Waals surface area (Å²) in [7, 11) is -4.14. The molecular formula is C37H43N3O4S. The van der Waals surface area contributed by atoms with E-state index in [1.165, 1.54) is 9.21 Å². The molecular weight excluding hydrogens is 582 g/mol. The van der Waals surface area contributed by atoms with Gasteiger partial charge in [-0.3, -0.25) is 13.9 Å². The zero-order valence-corrected chi connectivity index (χ0v) is 27.6. The number of aryl methyl sites for hydroxylation is 3. The Kier molecular flexibility index (Phi) is 11.2. The monoisotopic (exact) mass is 625 g/mol. The highest BCUT2D eigenvalue weighted by Crippen LogP contribution is 2.28. The van der Waals surface area contributed by atoms with E-state index in [1.54, 1.807) is 36.4 Å². The molecule has 7 nitrogen and oxygen atoms in total. The number of para-hydroxylation sites is 1. The number of nitrogens with one attached hydrogen (secondary N) is 1. The number of carbonyl (C=O) groups is 2. The van der Waals surface area contributed by atoms with Crippen LogP contribution in [0.4, 0.5) is 5.69 Å². The largest absolute Gasteiger partial charge is 0.352 e. The molecule has 4 rings (SSSR count). The molecule has 0 heterocycles. The minimum Gasteiger partial charge on any atom is -0.352 e. The fourth-order valence-electron chi connectivity index (χ4n) is 5.20. The molecule has 0 unspecified atom stereocenters. The van der Waals surface area contributed by atoms with Gasteiger partial charge in [-0.15, -0.1) is 0 Å². The Hall–Kier alpha value is -4.43. The van der Waals surface area contributed by atoms with Gasteiger partial charge >= 0.3 is 0 Å². The second-order valence-electron chi connectivity index (χ2n) is 11.6. The summed E-state index contributed by atoms with van der Waals surface area (Å²) < 4.78 is 29.6. The maximum Gasteiger partial charge on any atom is 0.264 e. The van der Waals surface area contributed by atoms with Crippen molar-refractivity contribution in [3.8, 4) is 0 Å². The number of hydrogen-bond donors (Lipinski definition) is 1. The zero-order valence-electron chi connectivity index (χ0n) is 26.7. The molecule has 2 amide bonds. The Bertz CT molecular complexity index is 1710. The predicted molar refractivity (Wildman–Crippen MR) is 180 cm³/mol. The lowest BCUT2D eigenvalue weighted by Crippen LogP contribution is -2.54. The van der Waals surface area contributed by atoms with E-state index < -0.39 is 28.5 Å². The molecule has 4 aromatic rings. The number of rotatable bonds is 13. The van der Waals surface area contributed by atoms with E-state index in [2.05, 4.69) is 5.32 Å². The Morgan fingerprint density at radius 1 is 0.778 bits per heavy atom. The van der Waals surface area contributed by atoms with Gasteiger partial charge in [0.15, 0.2) is 0 Å².